The summed E-state index contributed by atoms with van der Waals surface area (Å²) in [5.74, 6) is 1.70. The SMILES string of the molecule is Cc1ccccc1Nc1nc2c(c(N(C)c3ccccc3C)n1)CCCC2. The lowest BCUT2D eigenvalue weighted by Crippen LogP contribution is -2.20. The van der Waals surface area contributed by atoms with Gasteiger partial charge in [-0.05, 0) is 62.8 Å². The highest BCUT2D eigenvalue weighted by molar-refractivity contribution is 5.68. The van der Waals surface area contributed by atoms with Crippen molar-refractivity contribution in [3.05, 3.63) is 70.9 Å². The van der Waals surface area contributed by atoms with Gasteiger partial charge in [-0.25, -0.2) is 4.98 Å². The van der Waals surface area contributed by atoms with E-state index in [9.17, 15) is 0 Å². The van der Waals surface area contributed by atoms with Crippen LogP contribution in [0.25, 0.3) is 0 Å². The van der Waals surface area contributed by atoms with Gasteiger partial charge in [-0.15, -0.1) is 0 Å². The number of aryl methyl sites for hydroxylation is 3. The van der Waals surface area contributed by atoms with Crippen LogP contribution in [0, 0.1) is 13.8 Å². The monoisotopic (exact) mass is 358 g/mol. The third-order valence-electron chi connectivity index (χ3n) is 5.35. The van der Waals surface area contributed by atoms with E-state index >= 15 is 0 Å². The molecule has 1 aliphatic carbocycles. The molecule has 0 unspecified atom stereocenters. The minimum atomic E-state index is 0.681. The topological polar surface area (TPSA) is 41.1 Å². The third kappa shape index (κ3) is 3.52. The van der Waals surface area contributed by atoms with Crippen molar-refractivity contribution in [1.29, 1.82) is 0 Å². The Kier molecular flexibility index (Phi) is 4.80. The zero-order valence-electron chi connectivity index (χ0n) is 16.3. The molecule has 4 rings (SSSR count). The second-order valence-corrected chi connectivity index (χ2v) is 7.29. The normalized spacial score (nSPS) is 13.1. The fourth-order valence-corrected chi connectivity index (χ4v) is 3.80. The highest BCUT2D eigenvalue weighted by Crippen LogP contribution is 2.34. The number of nitrogens with zero attached hydrogens (tertiary/aromatic N) is 3. The van der Waals surface area contributed by atoms with E-state index in [2.05, 4.69) is 67.5 Å². The summed E-state index contributed by atoms with van der Waals surface area (Å²) in [5, 5.41) is 3.43. The number of hydrogen-bond acceptors (Lipinski definition) is 4. The van der Waals surface area contributed by atoms with Crippen LogP contribution in [0.4, 0.5) is 23.1 Å². The van der Waals surface area contributed by atoms with E-state index in [1.165, 1.54) is 40.9 Å². The van der Waals surface area contributed by atoms with Crippen molar-refractivity contribution < 1.29 is 0 Å². The molecule has 0 saturated carbocycles. The van der Waals surface area contributed by atoms with Crippen molar-refractivity contribution in [2.24, 2.45) is 0 Å². The van der Waals surface area contributed by atoms with Gasteiger partial charge in [-0.2, -0.15) is 4.98 Å². The number of hydrogen-bond donors (Lipinski definition) is 1. The number of aromatic nitrogens is 2. The molecule has 1 heterocycles. The molecule has 3 aromatic rings. The Hall–Kier alpha value is -2.88. The summed E-state index contributed by atoms with van der Waals surface area (Å²) in [5.41, 5.74) is 7.15. The van der Waals surface area contributed by atoms with Gasteiger partial charge in [0, 0.05) is 24.0 Å². The van der Waals surface area contributed by atoms with Crippen molar-refractivity contribution in [3.8, 4) is 0 Å². The Bertz CT molecular complexity index is 964. The zero-order valence-corrected chi connectivity index (χ0v) is 16.3. The van der Waals surface area contributed by atoms with Crippen LogP contribution < -0.4 is 10.2 Å². The molecule has 4 heteroatoms. The summed E-state index contributed by atoms with van der Waals surface area (Å²) in [6.45, 7) is 4.24. The van der Waals surface area contributed by atoms with Gasteiger partial charge in [-0.3, -0.25) is 0 Å². The van der Waals surface area contributed by atoms with E-state index in [0.29, 0.717) is 5.95 Å². The van der Waals surface area contributed by atoms with Crippen LogP contribution in [-0.4, -0.2) is 17.0 Å². The van der Waals surface area contributed by atoms with Gasteiger partial charge in [0.05, 0.1) is 5.69 Å². The van der Waals surface area contributed by atoms with E-state index in [1.807, 2.05) is 12.1 Å². The fraction of sp³-hybridized carbons (Fsp3) is 0.304. The fourth-order valence-electron chi connectivity index (χ4n) is 3.80. The first-order chi connectivity index (χ1) is 13.1. The minimum Gasteiger partial charge on any atom is -0.329 e. The molecule has 0 atom stereocenters. The van der Waals surface area contributed by atoms with Crippen molar-refractivity contribution in [1.82, 2.24) is 9.97 Å². The number of fused-ring (bicyclic) bond motifs is 1. The third-order valence-corrected chi connectivity index (χ3v) is 5.35. The average Bonchev–Trinajstić information content (AvgIpc) is 2.69. The average molecular weight is 358 g/mol. The number of para-hydroxylation sites is 2. The summed E-state index contributed by atoms with van der Waals surface area (Å²) in [4.78, 5) is 12.0. The maximum absolute atomic E-state index is 4.94. The summed E-state index contributed by atoms with van der Waals surface area (Å²) in [6.07, 6.45) is 4.47. The molecule has 4 nitrogen and oxygen atoms in total. The molecular weight excluding hydrogens is 332 g/mol. The summed E-state index contributed by atoms with van der Waals surface area (Å²) < 4.78 is 0. The molecule has 2 aromatic carbocycles. The largest absolute Gasteiger partial charge is 0.329 e. The van der Waals surface area contributed by atoms with Gasteiger partial charge in [0.15, 0.2) is 0 Å². The predicted molar refractivity (Wildman–Crippen MR) is 112 cm³/mol. The molecule has 0 aliphatic heterocycles. The molecule has 27 heavy (non-hydrogen) atoms. The maximum Gasteiger partial charge on any atom is 0.229 e. The second-order valence-electron chi connectivity index (χ2n) is 7.29. The van der Waals surface area contributed by atoms with Crippen molar-refractivity contribution >= 4 is 23.1 Å². The minimum absolute atomic E-state index is 0.681. The lowest BCUT2D eigenvalue weighted by Gasteiger charge is -2.27. The first-order valence-corrected chi connectivity index (χ1v) is 9.65. The van der Waals surface area contributed by atoms with Gasteiger partial charge in [0.1, 0.15) is 5.82 Å². The molecule has 1 aromatic heterocycles. The molecule has 0 saturated heterocycles. The van der Waals surface area contributed by atoms with Crippen LogP contribution >= 0.6 is 0 Å². The van der Waals surface area contributed by atoms with Crippen molar-refractivity contribution in [3.63, 3.8) is 0 Å². The Morgan fingerprint density at radius 2 is 1.56 bits per heavy atom. The number of rotatable bonds is 4. The highest BCUT2D eigenvalue weighted by Gasteiger charge is 2.21. The number of nitrogens with one attached hydrogen (secondary N) is 1. The molecule has 1 N–H and O–H groups in total. The zero-order chi connectivity index (χ0) is 18.8. The summed E-state index contributed by atoms with van der Waals surface area (Å²) in [7, 11) is 2.11. The predicted octanol–water partition coefficient (Wildman–Crippen LogP) is 5.48. The molecular formula is C23H26N4. The molecule has 0 fully saturated rings. The van der Waals surface area contributed by atoms with Gasteiger partial charge < -0.3 is 10.2 Å². The molecule has 0 spiro atoms. The lowest BCUT2D eigenvalue weighted by atomic mass is 9.96. The number of anilines is 4. The maximum atomic E-state index is 4.94. The lowest BCUT2D eigenvalue weighted by molar-refractivity contribution is 0.663. The van der Waals surface area contributed by atoms with Gasteiger partial charge >= 0.3 is 0 Å². The summed E-state index contributed by atoms with van der Waals surface area (Å²) >= 11 is 0. The smallest absolute Gasteiger partial charge is 0.229 e. The molecule has 138 valence electrons. The van der Waals surface area contributed by atoms with Crippen LogP contribution in [0.15, 0.2) is 48.5 Å². The van der Waals surface area contributed by atoms with Crippen LogP contribution in [0.1, 0.15) is 35.2 Å². The van der Waals surface area contributed by atoms with E-state index < -0.39 is 0 Å². The molecule has 1 aliphatic rings. The van der Waals surface area contributed by atoms with Crippen LogP contribution in [-0.2, 0) is 12.8 Å². The van der Waals surface area contributed by atoms with Crippen LogP contribution in [0.2, 0.25) is 0 Å². The second kappa shape index (κ2) is 7.39. The highest BCUT2D eigenvalue weighted by atomic mass is 15.2. The van der Waals surface area contributed by atoms with Gasteiger partial charge in [0.25, 0.3) is 0 Å². The Morgan fingerprint density at radius 1 is 0.852 bits per heavy atom. The first-order valence-electron chi connectivity index (χ1n) is 9.65. The standard InChI is InChI=1S/C23H26N4/c1-16-10-4-7-13-19(16)24-23-25-20-14-8-6-12-18(20)22(26-23)27(3)21-15-9-5-11-17(21)2/h4-5,7,9-11,13,15H,6,8,12,14H2,1-3H3,(H,24,25,26). The van der Waals surface area contributed by atoms with Gasteiger partial charge in [0.2, 0.25) is 5.95 Å². The van der Waals surface area contributed by atoms with Crippen LogP contribution in [0.5, 0.6) is 0 Å². The van der Waals surface area contributed by atoms with E-state index in [1.54, 1.807) is 0 Å². The number of benzene rings is 2. The Morgan fingerprint density at radius 3 is 2.33 bits per heavy atom. The Labute approximate surface area is 161 Å². The molecule has 0 bridgehead atoms. The Balaban J connectivity index is 1.78. The van der Waals surface area contributed by atoms with E-state index in [4.69, 9.17) is 9.97 Å². The molecule has 0 amide bonds. The van der Waals surface area contributed by atoms with Crippen molar-refractivity contribution in [2.75, 3.05) is 17.3 Å². The van der Waals surface area contributed by atoms with Crippen molar-refractivity contribution in [2.45, 2.75) is 39.5 Å². The first kappa shape index (κ1) is 17.5. The summed E-state index contributed by atoms with van der Waals surface area (Å²) in [6, 6.07) is 16.7. The van der Waals surface area contributed by atoms with Crippen LogP contribution in [0.3, 0.4) is 0 Å². The quantitative estimate of drug-likeness (QED) is 0.670. The molecule has 0 radical (unpaired) electrons. The van der Waals surface area contributed by atoms with Gasteiger partial charge in [-0.1, -0.05) is 36.4 Å². The van der Waals surface area contributed by atoms with E-state index in [0.717, 1.165) is 24.3 Å². The van der Waals surface area contributed by atoms with E-state index in [-0.39, 0.29) is 0 Å².